The number of hydrogen-bond acceptors (Lipinski definition) is 3. The third kappa shape index (κ3) is 3.43. The maximum Gasteiger partial charge on any atom is 0.306 e. The van der Waals surface area contributed by atoms with Crippen molar-refractivity contribution in [2.75, 3.05) is 0 Å². The Morgan fingerprint density at radius 3 is 2.59 bits per heavy atom. The third-order valence-electron chi connectivity index (χ3n) is 3.01. The topological polar surface area (TPSA) is 59.4 Å². The molecule has 1 aromatic heterocycles. The highest BCUT2D eigenvalue weighted by molar-refractivity contribution is 9.10. The van der Waals surface area contributed by atoms with Gasteiger partial charge in [0, 0.05) is 16.7 Å². The van der Waals surface area contributed by atoms with Crippen LogP contribution in [0.2, 0.25) is 0 Å². The lowest BCUT2D eigenvalue weighted by Crippen LogP contribution is -2.28. The molecule has 0 aromatic carbocycles. The summed E-state index contributed by atoms with van der Waals surface area (Å²) in [5.74, 6) is -0.287. The maximum absolute atomic E-state index is 10.8. The number of pyridine rings is 1. The molecule has 0 aliphatic heterocycles. The maximum atomic E-state index is 10.8. The van der Waals surface area contributed by atoms with Crippen LogP contribution in [-0.4, -0.2) is 22.2 Å². The zero-order valence-corrected chi connectivity index (χ0v) is 10.9. The van der Waals surface area contributed by atoms with Crippen LogP contribution in [0.25, 0.3) is 0 Å². The number of nitrogens with zero attached hydrogens (tertiary/aromatic N) is 1. The fraction of sp³-hybridized carbons (Fsp3) is 0.500. The van der Waals surface area contributed by atoms with E-state index in [1.165, 1.54) is 0 Å². The predicted octanol–water partition coefficient (Wildman–Crippen LogP) is 2.87. The number of carboxylic acid groups (broad SMARTS) is 1. The van der Waals surface area contributed by atoms with Gasteiger partial charge in [0.1, 0.15) is 6.10 Å². The summed E-state index contributed by atoms with van der Waals surface area (Å²) in [6.07, 6.45) is 4.74. The minimum absolute atomic E-state index is 0.0966. The monoisotopic (exact) mass is 299 g/mol. The van der Waals surface area contributed by atoms with Crippen molar-refractivity contribution in [1.82, 2.24) is 4.98 Å². The number of aromatic nitrogens is 1. The van der Waals surface area contributed by atoms with Gasteiger partial charge in [-0.15, -0.1) is 0 Å². The van der Waals surface area contributed by atoms with E-state index < -0.39 is 5.97 Å². The van der Waals surface area contributed by atoms with Gasteiger partial charge < -0.3 is 9.84 Å². The lowest BCUT2D eigenvalue weighted by molar-refractivity contribution is -0.143. The minimum atomic E-state index is -0.690. The average Bonchev–Trinajstić information content (AvgIpc) is 2.33. The van der Waals surface area contributed by atoms with E-state index in [4.69, 9.17) is 9.84 Å². The quantitative estimate of drug-likeness (QED) is 0.932. The van der Waals surface area contributed by atoms with Gasteiger partial charge in [-0.2, -0.15) is 0 Å². The normalized spacial score (nSPS) is 24.3. The second-order valence-corrected chi connectivity index (χ2v) is 5.16. The smallest absolute Gasteiger partial charge is 0.306 e. The van der Waals surface area contributed by atoms with Crippen molar-refractivity contribution in [1.29, 1.82) is 0 Å². The Bertz CT molecular complexity index is 385. The van der Waals surface area contributed by atoms with Gasteiger partial charge in [-0.05, 0) is 47.7 Å². The Morgan fingerprint density at radius 1 is 1.35 bits per heavy atom. The first-order valence-electron chi connectivity index (χ1n) is 5.66. The SMILES string of the molecule is O=C(O)C1CCC(Oc2ccc(Br)cn2)CC1. The highest BCUT2D eigenvalue weighted by Crippen LogP contribution is 2.27. The molecule has 2 rings (SSSR count). The Balaban J connectivity index is 1.85. The van der Waals surface area contributed by atoms with E-state index in [1.807, 2.05) is 12.1 Å². The molecule has 1 heterocycles. The summed E-state index contributed by atoms with van der Waals surface area (Å²) in [5.41, 5.74) is 0. The largest absolute Gasteiger partial charge is 0.481 e. The average molecular weight is 300 g/mol. The Kier molecular flexibility index (Phi) is 3.99. The summed E-state index contributed by atoms with van der Waals surface area (Å²) in [6, 6.07) is 3.69. The summed E-state index contributed by atoms with van der Waals surface area (Å²) in [7, 11) is 0. The van der Waals surface area contributed by atoms with Crippen molar-refractivity contribution in [3.63, 3.8) is 0 Å². The minimum Gasteiger partial charge on any atom is -0.481 e. The lowest BCUT2D eigenvalue weighted by atomic mass is 9.87. The summed E-state index contributed by atoms with van der Waals surface area (Å²) >= 11 is 3.31. The molecular formula is C12H14BrNO3. The van der Waals surface area contributed by atoms with Crippen molar-refractivity contribution in [2.45, 2.75) is 31.8 Å². The van der Waals surface area contributed by atoms with Crippen molar-refractivity contribution in [3.05, 3.63) is 22.8 Å². The molecule has 1 saturated carbocycles. The molecule has 4 nitrogen and oxygen atoms in total. The molecule has 0 saturated heterocycles. The molecule has 1 aliphatic carbocycles. The van der Waals surface area contributed by atoms with Crippen LogP contribution in [0.5, 0.6) is 5.88 Å². The van der Waals surface area contributed by atoms with Crippen LogP contribution in [0.15, 0.2) is 22.8 Å². The highest BCUT2D eigenvalue weighted by atomic mass is 79.9. The van der Waals surface area contributed by atoms with Gasteiger partial charge in [0.15, 0.2) is 0 Å². The van der Waals surface area contributed by atoms with Gasteiger partial charge in [-0.25, -0.2) is 4.98 Å². The second-order valence-electron chi connectivity index (χ2n) is 4.24. The second kappa shape index (κ2) is 5.49. The first-order valence-corrected chi connectivity index (χ1v) is 6.45. The molecule has 0 spiro atoms. The number of rotatable bonds is 3. The van der Waals surface area contributed by atoms with Gasteiger partial charge in [0.25, 0.3) is 0 Å². The third-order valence-corrected chi connectivity index (χ3v) is 3.48. The van der Waals surface area contributed by atoms with E-state index in [0.717, 1.165) is 17.3 Å². The van der Waals surface area contributed by atoms with Crippen LogP contribution in [0.4, 0.5) is 0 Å². The molecule has 0 unspecified atom stereocenters. The van der Waals surface area contributed by atoms with Crippen LogP contribution in [0.3, 0.4) is 0 Å². The molecule has 0 bridgehead atoms. The summed E-state index contributed by atoms with van der Waals surface area (Å²) in [6.45, 7) is 0. The fourth-order valence-electron chi connectivity index (χ4n) is 2.03. The standard InChI is InChI=1S/C12H14BrNO3/c13-9-3-6-11(14-7-9)17-10-4-1-8(2-5-10)12(15)16/h3,6-8,10H,1-2,4-5H2,(H,15,16). The number of halogens is 1. The zero-order valence-electron chi connectivity index (χ0n) is 9.30. The van der Waals surface area contributed by atoms with E-state index in [0.29, 0.717) is 18.7 Å². The molecule has 1 N–H and O–H groups in total. The first kappa shape index (κ1) is 12.4. The Labute approximate surface area is 108 Å². The van der Waals surface area contributed by atoms with E-state index in [-0.39, 0.29) is 12.0 Å². The van der Waals surface area contributed by atoms with Crippen LogP contribution in [-0.2, 0) is 4.79 Å². The molecule has 17 heavy (non-hydrogen) atoms. The number of ether oxygens (including phenoxy) is 1. The van der Waals surface area contributed by atoms with E-state index in [1.54, 1.807) is 6.20 Å². The van der Waals surface area contributed by atoms with Gasteiger partial charge in [0.2, 0.25) is 5.88 Å². The predicted molar refractivity (Wildman–Crippen MR) is 65.9 cm³/mol. The molecule has 0 atom stereocenters. The van der Waals surface area contributed by atoms with Crippen molar-refractivity contribution in [2.24, 2.45) is 5.92 Å². The molecule has 5 heteroatoms. The fourth-order valence-corrected chi connectivity index (χ4v) is 2.26. The van der Waals surface area contributed by atoms with E-state index in [9.17, 15) is 4.79 Å². The number of aliphatic carboxylic acids is 1. The summed E-state index contributed by atoms with van der Waals surface area (Å²) < 4.78 is 6.63. The van der Waals surface area contributed by atoms with Gasteiger partial charge >= 0.3 is 5.97 Å². The number of carbonyl (C=O) groups is 1. The zero-order chi connectivity index (χ0) is 12.3. The molecule has 92 valence electrons. The molecule has 0 radical (unpaired) electrons. The first-order chi connectivity index (χ1) is 8.15. The van der Waals surface area contributed by atoms with Crippen LogP contribution in [0.1, 0.15) is 25.7 Å². The van der Waals surface area contributed by atoms with Gasteiger partial charge in [0.05, 0.1) is 5.92 Å². The van der Waals surface area contributed by atoms with Crippen LogP contribution < -0.4 is 4.74 Å². The van der Waals surface area contributed by atoms with Crippen LogP contribution >= 0.6 is 15.9 Å². The number of carboxylic acids is 1. The van der Waals surface area contributed by atoms with E-state index in [2.05, 4.69) is 20.9 Å². The Hall–Kier alpha value is -1.10. The highest BCUT2D eigenvalue weighted by Gasteiger charge is 2.26. The van der Waals surface area contributed by atoms with Crippen LogP contribution in [0, 0.1) is 5.92 Å². The summed E-state index contributed by atoms with van der Waals surface area (Å²) in [5, 5.41) is 8.89. The van der Waals surface area contributed by atoms with Crippen molar-refractivity contribution < 1.29 is 14.6 Å². The number of hydrogen-bond donors (Lipinski definition) is 1. The molecule has 0 amide bonds. The molecule has 1 aromatic rings. The van der Waals surface area contributed by atoms with Crippen molar-refractivity contribution >= 4 is 21.9 Å². The Morgan fingerprint density at radius 2 is 2.06 bits per heavy atom. The van der Waals surface area contributed by atoms with E-state index >= 15 is 0 Å². The molecule has 1 fully saturated rings. The lowest BCUT2D eigenvalue weighted by Gasteiger charge is -2.26. The van der Waals surface area contributed by atoms with Gasteiger partial charge in [-0.3, -0.25) is 4.79 Å². The summed E-state index contributed by atoms with van der Waals surface area (Å²) in [4.78, 5) is 14.9. The van der Waals surface area contributed by atoms with Crippen molar-refractivity contribution in [3.8, 4) is 5.88 Å². The van der Waals surface area contributed by atoms with Gasteiger partial charge in [-0.1, -0.05) is 0 Å². The molecule has 1 aliphatic rings. The molecular weight excluding hydrogens is 286 g/mol.